The summed E-state index contributed by atoms with van der Waals surface area (Å²) in [5.41, 5.74) is 3.44. The molecule has 0 fully saturated rings. The fourth-order valence-corrected chi connectivity index (χ4v) is 2.23. The number of nitrogen functional groups attached to an aromatic ring is 1. The number of carbonyl (C=O) groups is 1. The number of hydrogen-bond acceptors (Lipinski definition) is 5. The Morgan fingerprint density at radius 2 is 2.28 bits per heavy atom. The van der Waals surface area contributed by atoms with Gasteiger partial charge < -0.3 is 4.42 Å². The molecule has 18 heavy (non-hydrogen) atoms. The maximum absolute atomic E-state index is 11.2. The minimum atomic E-state index is -0.336. The lowest BCUT2D eigenvalue weighted by Crippen LogP contribution is -2.30. The number of nitrogens with two attached hydrogens (primary N) is 1. The number of aromatic nitrogens is 1. The third-order valence-corrected chi connectivity index (χ3v) is 3.28. The normalized spacial score (nSPS) is 10.3. The van der Waals surface area contributed by atoms with Gasteiger partial charge in [-0.2, -0.15) is 0 Å². The summed E-state index contributed by atoms with van der Waals surface area (Å²) in [4.78, 5) is 15.4. The zero-order valence-corrected chi connectivity index (χ0v) is 10.4. The molecule has 0 spiro atoms. The first-order chi connectivity index (χ1) is 8.79. The second-order valence-corrected chi connectivity index (χ2v) is 4.57. The number of hydrogen-bond donors (Lipinski definition) is 2. The van der Waals surface area contributed by atoms with Crippen LogP contribution in [0.2, 0.25) is 0 Å². The molecule has 6 heteroatoms. The molecule has 0 unspecified atom stereocenters. The summed E-state index contributed by atoms with van der Waals surface area (Å²) in [5, 5.41) is 0. The molecular weight excluding hydrogens is 250 g/mol. The van der Waals surface area contributed by atoms with Crippen LogP contribution in [0, 0.1) is 0 Å². The van der Waals surface area contributed by atoms with Crippen molar-refractivity contribution in [3.63, 3.8) is 0 Å². The molecule has 5 nitrogen and oxygen atoms in total. The van der Waals surface area contributed by atoms with Crippen LogP contribution >= 0.6 is 11.8 Å². The number of thioether (sulfide) groups is 1. The average Bonchev–Trinajstić information content (AvgIpc) is 2.92. The average molecular weight is 263 g/mol. The first-order valence-corrected chi connectivity index (χ1v) is 6.51. The van der Waals surface area contributed by atoms with Crippen molar-refractivity contribution in [2.45, 2.75) is 11.5 Å². The van der Waals surface area contributed by atoms with Crippen molar-refractivity contribution in [1.82, 2.24) is 10.4 Å². The zero-order valence-electron chi connectivity index (χ0n) is 9.63. The minimum absolute atomic E-state index is 0.336. The molecule has 3 N–H and O–H groups in total. The van der Waals surface area contributed by atoms with E-state index >= 15 is 0 Å². The molecule has 0 aromatic carbocycles. The predicted octanol–water partition coefficient (Wildman–Crippen LogP) is 1.71. The van der Waals surface area contributed by atoms with Crippen molar-refractivity contribution in [3.05, 3.63) is 53.7 Å². The van der Waals surface area contributed by atoms with Crippen molar-refractivity contribution < 1.29 is 9.21 Å². The number of pyridine rings is 1. The van der Waals surface area contributed by atoms with Crippen molar-refractivity contribution in [3.8, 4) is 0 Å². The number of hydrazine groups is 1. The number of nitrogens with one attached hydrogen (secondary N) is 1. The van der Waals surface area contributed by atoms with E-state index in [4.69, 9.17) is 10.3 Å². The van der Waals surface area contributed by atoms with E-state index in [2.05, 4.69) is 10.4 Å². The van der Waals surface area contributed by atoms with E-state index in [9.17, 15) is 4.79 Å². The largest absolute Gasteiger partial charge is 0.468 e. The monoisotopic (exact) mass is 263 g/mol. The van der Waals surface area contributed by atoms with Gasteiger partial charge in [0.05, 0.1) is 23.3 Å². The number of carbonyl (C=O) groups excluding carboxylic acids is 1. The molecule has 0 aliphatic rings. The Morgan fingerprint density at radius 1 is 1.39 bits per heavy atom. The second kappa shape index (κ2) is 6.23. The Hall–Kier alpha value is -1.79. The summed E-state index contributed by atoms with van der Waals surface area (Å²) in [6.07, 6.45) is 3.18. The Balaban J connectivity index is 1.85. The molecule has 94 valence electrons. The Kier molecular flexibility index (Phi) is 4.38. The molecule has 0 saturated heterocycles. The van der Waals surface area contributed by atoms with Gasteiger partial charge in [-0.05, 0) is 24.3 Å². The maximum Gasteiger partial charge on any atom is 0.266 e. The lowest BCUT2D eigenvalue weighted by molar-refractivity contribution is 0.0953. The molecule has 1 amide bonds. The van der Waals surface area contributed by atoms with Crippen LogP contribution in [0.25, 0.3) is 0 Å². The molecule has 2 rings (SSSR count). The summed E-state index contributed by atoms with van der Waals surface area (Å²) in [6, 6.07) is 7.33. The standard InChI is InChI=1S/C12H13N3O2S/c13-15-12(16)9-3-4-10(14-6-9)7-18-8-11-2-1-5-17-11/h1-6H,7-8,13H2,(H,15,16). The fourth-order valence-electron chi connectivity index (χ4n) is 1.38. The SMILES string of the molecule is NNC(=O)c1ccc(CSCc2ccco2)nc1. The van der Waals surface area contributed by atoms with Crippen LogP contribution in [0.15, 0.2) is 41.1 Å². The molecular formula is C12H13N3O2S. The van der Waals surface area contributed by atoms with Crippen LogP contribution in [0.4, 0.5) is 0 Å². The van der Waals surface area contributed by atoms with Gasteiger partial charge in [0.1, 0.15) is 5.76 Å². The molecule has 0 radical (unpaired) electrons. The summed E-state index contributed by atoms with van der Waals surface area (Å²) >= 11 is 1.70. The number of rotatable bonds is 5. The highest BCUT2D eigenvalue weighted by molar-refractivity contribution is 7.97. The van der Waals surface area contributed by atoms with Gasteiger partial charge in [0, 0.05) is 11.9 Å². The van der Waals surface area contributed by atoms with E-state index in [0.717, 1.165) is 23.0 Å². The lowest BCUT2D eigenvalue weighted by atomic mass is 10.2. The molecule has 2 heterocycles. The van der Waals surface area contributed by atoms with E-state index in [1.165, 1.54) is 6.20 Å². The van der Waals surface area contributed by atoms with Gasteiger partial charge in [-0.1, -0.05) is 0 Å². The first kappa shape index (κ1) is 12.7. The predicted molar refractivity (Wildman–Crippen MR) is 69.6 cm³/mol. The third kappa shape index (κ3) is 3.35. The van der Waals surface area contributed by atoms with Crippen LogP contribution in [0.1, 0.15) is 21.8 Å². The van der Waals surface area contributed by atoms with E-state index < -0.39 is 0 Å². The molecule has 0 bridgehead atoms. The van der Waals surface area contributed by atoms with Crippen molar-refractivity contribution in [1.29, 1.82) is 0 Å². The van der Waals surface area contributed by atoms with Crippen LogP contribution in [-0.4, -0.2) is 10.9 Å². The van der Waals surface area contributed by atoms with Gasteiger partial charge in [-0.3, -0.25) is 15.2 Å². The summed E-state index contributed by atoms with van der Waals surface area (Å²) in [7, 11) is 0. The minimum Gasteiger partial charge on any atom is -0.468 e. The highest BCUT2D eigenvalue weighted by Crippen LogP contribution is 2.17. The fraction of sp³-hybridized carbons (Fsp3) is 0.167. The molecule has 2 aromatic rings. The molecule has 0 aliphatic heterocycles. The van der Waals surface area contributed by atoms with Crippen LogP contribution in [0.3, 0.4) is 0 Å². The smallest absolute Gasteiger partial charge is 0.266 e. The topological polar surface area (TPSA) is 81.1 Å². The van der Waals surface area contributed by atoms with Crippen molar-refractivity contribution >= 4 is 17.7 Å². The van der Waals surface area contributed by atoms with Gasteiger partial charge in [-0.15, -0.1) is 11.8 Å². The van der Waals surface area contributed by atoms with Crippen LogP contribution < -0.4 is 11.3 Å². The second-order valence-electron chi connectivity index (χ2n) is 3.58. The molecule has 0 saturated carbocycles. The van der Waals surface area contributed by atoms with Gasteiger partial charge in [-0.25, -0.2) is 5.84 Å². The number of amides is 1. The summed E-state index contributed by atoms with van der Waals surface area (Å²) in [6.45, 7) is 0. The quantitative estimate of drug-likeness (QED) is 0.487. The Labute approximate surface area is 109 Å². The van der Waals surface area contributed by atoms with Gasteiger partial charge in [0.2, 0.25) is 0 Å². The van der Waals surface area contributed by atoms with E-state index in [0.29, 0.717) is 5.56 Å². The highest BCUT2D eigenvalue weighted by Gasteiger charge is 2.04. The lowest BCUT2D eigenvalue weighted by Gasteiger charge is -2.02. The molecule has 2 aromatic heterocycles. The number of nitrogens with zero attached hydrogens (tertiary/aromatic N) is 1. The maximum atomic E-state index is 11.2. The third-order valence-electron chi connectivity index (χ3n) is 2.29. The van der Waals surface area contributed by atoms with Gasteiger partial charge in [0.25, 0.3) is 5.91 Å². The summed E-state index contributed by atoms with van der Waals surface area (Å²) < 4.78 is 5.23. The van der Waals surface area contributed by atoms with Crippen LogP contribution in [0.5, 0.6) is 0 Å². The molecule has 0 aliphatic carbocycles. The highest BCUT2D eigenvalue weighted by atomic mass is 32.2. The van der Waals surface area contributed by atoms with E-state index in [1.54, 1.807) is 24.1 Å². The van der Waals surface area contributed by atoms with Gasteiger partial charge in [0.15, 0.2) is 0 Å². The Morgan fingerprint density at radius 3 is 2.89 bits per heavy atom. The first-order valence-electron chi connectivity index (χ1n) is 5.35. The molecule has 0 atom stereocenters. The zero-order chi connectivity index (χ0) is 12.8. The Bertz CT molecular complexity index is 497. The number of furan rings is 1. The van der Waals surface area contributed by atoms with Crippen LogP contribution in [-0.2, 0) is 11.5 Å². The van der Waals surface area contributed by atoms with Crippen molar-refractivity contribution in [2.24, 2.45) is 5.84 Å². The van der Waals surface area contributed by atoms with E-state index in [1.807, 2.05) is 18.2 Å². The summed E-state index contributed by atoms with van der Waals surface area (Å²) in [5.74, 6) is 7.22. The van der Waals surface area contributed by atoms with Crippen molar-refractivity contribution in [2.75, 3.05) is 0 Å². The van der Waals surface area contributed by atoms with E-state index in [-0.39, 0.29) is 5.91 Å². The van der Waals surface area contributed by atoms with Gasteiger partial charge >= 0.3 is 0 Å².